The summed E-state index contributed by atoms with van der Waals surface area (Å²) < 4.78 is 13.9. The van der Waals surface area contributed by atoms with Crippen molar-refractivity contribution in [2.75, 3.05) is 25.0 Å². The third-order valence-electron chi connectivity index (χ3n) is 2.72. The Bertz CT molecular complexity index is 435. The molecule has 3 N–H and O–H groups in total. The van der Waals surface area contributed by atoms with Gasteiger partial charge in [0.1, 0.15) is 5.82 Å². The number of nitrogens with one attached hydrogen (secondary N) is 1. The van der Waals surface area contributed by atoms with Crippen LogP contribution in [0.25, 0.3) is 0 Å². The first-order valence-corrected chi connectivity index (χ1v) is 6.41. The highest BCUT2D eigenvalue weighted by molar-refractivity contribution is 5.80. The maximum atomic E-state index is 13.9. The van der Waals surface area contributed by atoms with Crippen molar-refractivity contribution < 1.29 is 9.18 Å². The minimum atomic E-state index is -0.416. The van der Waals surface area contributed by atoms with Crippen LogP contribution in [0, 0.1) is 11.7 Å². The number of halogens is 1. The number of hydrogen-bond donors (Lipinski definition) is 2. The van der Waals surface area contributed by atoms with Crippen molar-refractivity contribution in [1.29, 1.82) is 0 Å². The molecular weight excluding hydrogens is 245 g/mol. The van der Waals surface area contributed by atoms with Gasteiger partial charge in [0.05, 0.1) is 6.54 Å². The third kappa shape index (κ3) is 4.52. The predicted molar refractivity (Wildman–Crippen MR) is 75.4 cm³/mol. The molecule has 1 aromatic carbocycles. The molecule has 4 nitrogen and oxygen atoms in total. The van der Waals surface area contributed by atoms with Gasteiger partial charge in [-0.05, 0) is 25.1 Å². The molecular formula is C14H22FN3O. The Hall–Kier alpha value is -1.62. The lowest BCUT2D eigenvalue weighted by Gasteiger charge is -2.27. The summed E-state index contributed by atoms with van der Waals surface area (Å²) in [4.78, 5) is 13.0. The molecule has 0 aliphatic rings. The summed E-state index contributed by atoms with van der Waals surface area (Å²) >= 11 is 0. The summed E-state index contributed by atoms with van der Waals surface area (Å²) in [5.41, 5.74) is 6.56. The van der Waals surface area contributed by atoms with Crippen LogP contribution in [-0.2, 0) is 11.3 Å². The molecule has 0 heterocycles. The molecule has 0 aliphatic carbocycles. The molecule has 0 aliphatic heterocycles. The van der Waals surface area contributed by atoms with Crippen LogP contribution in [0.2, 0.25) is 0 Å². The molecule has 0 atom stereocenters. The van der Waals surface area contributed by atoms with Crippen molar-refractivity contribution in [2.24, 2.45) is 11.7 Å². The van der Waals surface area contributed by atoms with E-state index in [-0.39, 0.29) is 12.4 Å². The fraction of sp³-hybridized carbons (Fsp3) is 0.500. The van der Waals surface area contributed by atoms with E-state index < -0.39 is 5.91 Å². The van der Waals surface area contributed by atoms with Gasteiger partial charge < -0.3 is 16.0 Å². The highest BCUT2D eigenvalue weighted by Gasteiger charge is 2.17. The molecule has 0 bridgehead atoms. The number of carbonyl (C=O) groups is 1. The Morgan fingerprint density at radius 1 is 1.47 bits per heavy atom. The normalized spacial score (nSPS) is 10.8. The lowest BCUT2D eigenvalue weighted by atomic mass is 10.1. The second kappa shape index (κ2) is 7.09. The number of benzene rings is 1. The molecule has 1 amide bonds. The van der Waals surface area contributed by atoms with Crippen LogP contribution in [0.15, 0.2) is 18.2 Å². The summed E-state index contributed by atoms with van der Waals surface area (Å²) in [6.45, 7) is 5.26. The van der Waals surface area contributed by atoms with Crippen molar-refractivity contribution in [2.45, 2.75) is 20.4 Å². The van der Waals surface area contributed by atoms with Gasteiger partial charge in [-0.1, -0.05) is 19.9 Å². The summed E-state index contributed by atoms with van der Waals surface area (Å²) in [6, 6.07) is 4.90. The van der Waals surface area contributed by atoms with Crippen LogP contribution in [-0.4, -0.2) is 26.0 Å². The van der Waals surface area contributed by atoms with Crippen LogP contribution in [0.4, 0.5) is 10.1 Å². The molecule has 0 aromatic heterocycles. The van der Waals surface area contributed by atoms with Crippen molar-refractivity contribution >= 4 is 11.6 Å². The minimum Gasteiger partial charge on any atom is -0.368 e. The first-order valence-electron chi connectivity index (χ1n) is 6.41. The zero-order valence-electron chi connectivity index (χ0n) is 11.7. The van der Waals surface area contributed by atoms with Crippen molar-refractivity contribution in [1.82, 2.24) is 5.32 Å². The van der Waals surface area contributed by atoms with E-state index in [0.717, 1.165) is 5.69 Å². The molecule has 1 aromatic rings. The van der Waals surface area contributed by atoms with Crippen molar-refractivity contribution in [3.05, 3.63) is 29.6 Å². The van der Waals surface area contributed by atoms with Crippen LogP contribution in [0.1, 0.15) is 19.4 Å². The van der Waals surface area contributed by atoms with Gasteiger partial charge in [-0.15, -0.1) is 0 Å². The molecule has 0 fully saturated rings. The van der Waals surface area contributed by atoms with Gasteiger partial charge in [-0.25, -0.2) is 4.39 Å². The Morgan fingerprint density at radius 3 is 2.68 bits per heavy atom. The highest BCUT2D eigenvalue weighted by Crippen LogP contribution is 2.24. The second-order valence-corrected chi connectivity index (χ2v) is 5.01. The second-order valence-electron chi connectivity index (χ2n) is 5.01. The summed E-state index contributed by atoms with van der Waals surface area (Å²) in [6.07, 6.45) is 0. The quantitative estimate of drug-likeness (QED) is 0.787. The van der Waals surface area contributed by atoms with E-state index in [4.69, 9.17) is 5.73 Å². The molecule has 1 rings (SSSR count). The topological polar surface area (TPSA) is 58.4 Å². The summed E-state index contributed by atoms with van der Waals surface area (Å²) in [5, 5.41) is 2.94. The average Bonchev–Trinajstić information content (AvgIpc) is 2.30. The lowest BCUT2D eigenvalue weighted by Crippen LogP contribution is -2.37. The highest BCUT2D eigenvalue weighted by atomic mass is 19.1. The zero-order chi connectivity index (χ0) is 14.4. The van der Waals surface area contributed by atoms with Gasteiger partial charge in [-0.2, -0.15) is 0 Å². The van der Waals surface area contributed by atoms with Crippen molar-refractivity contribution in [3.63, 3.8) is 0 Å². The van der Waals surface area contributed by atoms with Crippen LogP contribution >= 0.6 is 0 Å². The number of amides is 1. The molecule has 106 valence electrons. The fourth-order valence-electron chi connectivity index (χ4n) is 2.07. The van der Waals surface area contributed by atoms with Gasteiger partial charge in [0, 0.05) is 24.3 Å². The Labute approximate surface area is 113 Å². The molecule has 19 heavy (non-hydrogen) atoms. The van der Waals surface area contributed by atoms with Gasteiger partial charge in [0.2, 0.25) is 5.91 Å². The van der Waals surface area contributed by atoms with E-state index >= 15 is 0 Å². The van der Waals surface area contributed by atoms with Gasteiger partial charge in [0.25, 0.3) is 0 Å². The molecule has 0 saturated heterocycles. The molecule has 0 spiro atoms. The SMILES string of the molecule is CNCc1c(F)cccc1N(CC(N)=O)CC(C)C. The molecule has 5 heteroatoms. The number of carbonyl (C=O) groups excluding carboxylic acids is 1. The minimum absolute atomic E-state index is 0.0956. The van der Waals surface area contributed by atoms with E-state index in [9.17, 15) is 9.18 Å². The van der Waals surface area contributed by atoms with Gasteiger partial charge in [-0.3, -0.25) is 4.79 Å². The number of hydrogen-bond acceptors (Lipinski definition) is 3. The average molecular weight is 267 g/mol. The maximum Gasteiger partial charge on any atom is 0.236 e. The van der Waals surface area contributed by atoms with E-state index in [2.05, 4.69) is 5.32 Å². The molecule has 0 radical (unpaired) electrons. The summed E-state index contributed by atoms with van der Waals surface area (Å²) in [5.74, 6) is -0.338. The summed E-state index contributed by atoms with van der Waals surface area (Å²) in [7, 11) is 1.76. The van der Waals surface area contributed by atoms with E-state index in [1.807, 2.05) is 24.8 Å². The number of primary amides is 1. The van der Waals surface area contributed by atoms with Crippen molar-refractivity contribution in [3.8, 4) is 0 Å². The van der Waals surface area contributed by atoms with E-state index in [1.165, 1.54) is 6.07 Å². The smallest absolute Gasteiger partial charge is 0.236 e. The first-order chi connectivity index (χ1) is 8.95. The number of rotatable bonds is 7. The Kier molecular flexibility index (Phi) is 5.76. The van der Waals surface area contributed by atoms with Crippen LogP contribution in [0.5, 0.6) is 0 Å². The fourth-order valence-corrected chi connectivity index (χ4v) is 2.07. The largest absolute Gasteiger partial charge is 0.368 e. The van der Waals surface area contributed by atoms with Gasteiger partial charge >= 0.3 is 0 Å². The standard InChI is InChI=1S/C14H22FN3O/c1-10(2)8-18(9-14(16)19)13-6-4-5-12(15)11(13)7-17-3/h4-6,10,17H,7-9H2,1-3H3,(H2,16,19). The third-order valence-corrected chi connectivity index (χ3v) is 2.72. The molecule has 0 unspecified atom stereocenters. The zero-order valence-corrected chi connectivity index (χ0v) is 11.7. The van der Waals surface area contributed by atoms with Crippen LogP contribution in [0.3, 0.4) is 0 Å². The number of nitrogens with zero attached hydrogens (tertiary/aromatic N) is 1. The molecule has 0 saturated carbocycles. The number of nitrogens with two attached hydrogens (primary N) is 1. The maximum absolute atomic E-state index is 13.9. The van der Waals surface area contributed by atoms with Gasteiger partial charge in [0.15, 0.2) is 0 Å². The van der Waals surface area contributed by atoms with E-state index in [0.29, 0.717) is 24.6 Å². The first kappa shape index (κ1) is 15.4. The monoisotopic (exact) mass is 267 g/mol. The Morgan fingerprint density at radius 2 is 2.16 bits per heavy atom. The Balaban J connectivity index is 3.12. The van der Waals surface area contributed by atoms with Crippen LogP contribution < -0.4 is 16.0 Å². The predicted octanol–water partition coefficient (Wildman–Crippen LogP) is 1.49. The lowest BCUT2D eigenvalue weighted by molar-refractivity contribution is -0.116. The van der Waals surface area contributed by atoms with E-state index in [1.54, 1.807) is 13.1 Å². The number of anilines is 1.